The standard InChI is InChI=1S/C16H16N4O2S/c1-8-4-3-5-10-13(8)14-15-18-11(6-7-12(21)22)19-20(15)9(2)17-16(14)23-10/h6-8H,3-5H2,1-2H3,(H,21,22)/p-1/b7-6-/t8-/m0/s1. The fraction of sp³-hybridized carbons (Fsp3) is 0.375. The number of carbonyl (C=O) groups excluding carboxylic acids is 1. The molecule has 1 aliphatic carbocycles. The molecule has 0 N–H and O–H groups in total. The Labute approximate surface area is 136 Å². The molecular weight excluding hydrogens is 312 g/mol. The van der Waals surface area contributed by atoms with E-state index in [1.165, 1.54) is 29.4 Å². The van der Waals surface area contributed by atoms with Crippen molar-refractivity contribution in [1.82, 2.24) is 19.6 Å². The fourth-order valence-electron chi connectivity index (χ4n) is 3.32. The van der Waals surface area contributed by atoms with Crippen LogP contribution in [0, 0.1) is 6.92 Å². The number of fused-ring (bicyclic) bond motifs is 5. The van der Waals surface area contributed by atoms with Crippen LogP contribution in [0.15, 0.2) is 6.08 Å². The quantitative estimate of drug-likeness (QED) is 0.671. The van der Waals surface area contributed by atoms with Gasteiger partial charge in [0.1, 0.15) is 10.7 Å². The molecule has 7 heteroatoms. The lowest BCUT2D eigenvalue weighted by Crippen LogP contribution is -2.18. The predicted octanol–water partition coefficient (Wildman–Crippen LogP) is 1.85. The molecule has 6 nitrogen and oxygen atoms in total. The van der Waals surface area contributed by atoms with Crippen LogP contribution >= 0.6 is 11.3 Å². The molecule has 0 fully saturated rings. The van der Waals surface area contributed by atoms with Gasteiger partial charge >= 0.3 is 0 Å². The first-order valence-electron chi connectivity index (χ1n) is 7.62. The smallest absolute Gasteiger partial charge is 0.175 e. The van der Waals surface area contributed by atoms with Crippen molar-refractivity contribution in [2.75, 3.05) is 0 Å². The number of hydrogen-bond acceptors (Lipinski definition) is 6. The first kappa shape index (κ1) is 14.3. The van der Waals surface area contributed by atoms with Crippen molar-refractivity contribution in [3.8, 4) is 0 Å². The molecule has 23 heavy (non-hydrogen) atoms. The SMILES string of the molecule is Cc1nc2sc3c(c2c2nc(/C=C\C(=O)[O-])nn12)[C@@H](C)CCC3. The zero-order chi connectivity index (χ0) is 16.1. The molecule has 3 heterocycles. The van der Waals surface area contributed by atoms with Gasteiger partial charge in [-0.15, -0.1) is 16.4 Å². The van der Waals surface area contributed by atoms with E-state index in [9.17, 15) is 9.90 Å². The lowest BCUT2D eigenvalue weighted by Gasteiger charge is -2.18. The van der Waals surface area contributed by atoms with Crippen LogP contribution in [-0.4, -0.2) is 25.6 Å². The lowest BCUT2D eigenvalue weighted by molar-refractivity contribution is -0.297. The molecule has 1 aliphatic rings. The molecule has 0 amide bonds. The summed E-state index contributed by atoms with van der Waals surface area (Å²) < 4.78 is 1.70. The van der Waals surface area contributed by atoms with E-state index < -0.39 is 5.97 Å². The van der Waals surface area contributed by atoms with Crippen LogP contribution in [0.5, 0.6) is 0 Å². The summed E-state index contributed by atoms with van der Waals surface area (Å²) in [4.78, 5) is 22.2. The van der Waals surface area contributed by atoms with E-state index >= 15 is 0 Å². The van der Waals surface area contributed by atoms with Crippen LogP contribution < -0.4 is 5.11 Å². The molecule has 4 rings (SSSR count). The minimum atomic E-state index is -1.26. The second-order valence-corrected chi connectivity index (χ2v) is 7.01. The van der Waals surface area contributed by atoms with E-state index in [1.807, 2.05) is 6.92 Å². The van der Waals surface area contributed by atoms with Gasteiger partial charge in [0, 0.05) is 4.88 Å². The number of carboxylic acid groups (broad SMARTS) is 1. The number of aromatic nitrogens is 4. The van der Waals surface area contributed by atoms with Gasteiger partial charge in [0.15, 0.2) is 11.5 Å². The van der Waals surface area contributed by atoms with Crippen LogP contribution in [0.3, 0.4) is 0 Å². The monoisotopic (exact) mass is 327 g/mol. The number of rotatable bonds is 2. The maximum absolute atomic E-state index is 10.6. The maximum Gasteiger partial charge on any atom is 0.175 e. The van der Waals surface area contributed by atoms with E-state index in [2.05, 4.69) is 22.0 Å². The van der Waals surface area contributed by atoms with E-state index in [0.717, 1.165) is 34.2 Å². The first-order valence-corrected chi connectivity index (χ1v) is 8.44. The molecule has 1 atom stereocenters. The first-order chi connectivity index (χ1) is 11.0. The van der Waals surface area contributed by atoms with Gasteiger partial charge in [0.05, 0.1) is 11.4 Å². The molecule has 0 saturated heterocycles. The lowest BCUT2D eigenvalue weighted by atomic mass is 9.87. The van der Waals surface area contributed by atoms with E-state index in [0.29, 0.717) is 11.7 Å². The summed E-state index contributed by atoms with van der Waals surface area (Å²) in [6.45, 7) is 4.13. The second kappa shape index (κ2) is 5.13. The van der Waals surface area contributed by atoms with Crippen LogP contribution in [0.2, 0.25) is 0 Å². The molecule has 3 aromatic heterocycles. The van der Waals surface area contributed by atoms with Crippen molar-refractivity contribution >= 4 is 39.2 Å². The summed E-state index contributed by atoms with van der Waals surface area (Å²) in [7, 11) is 0. The number of hydrogen-bond donors (Lipinski definition) is 0. The maximum atomic E-state index is 10.6. The van der Waals surface area contributed by atoms with Gasteiger partial charge in [0.25, 0.3) is 0 Å². The van der Waals surface area contributed by atoms with E-state index in [-0.39, 0.29) is 0 Å². The summed E-state index contributed by atoms with van der Waals surface area (Å²) in [6, 6.07) is 0. The Bertz CT molecular complexity index is 970. The number of carboxylic acids is 1. The van der Waals surface area contributed by atoms with Crippen LogP contribution in [-0.2, 0) is 11.2 Å². The fourth-order valence-corrected chi connectivity index (χ4v) is 4.69. The largest absolute Gasteiger partial charge is 0.545 e. The number of carbonyl (C=O) groups is 1. The van der Waals surface area contributed by atoms with Gasteiger partial charge in [-0.3, -0.25) is 0 Å². The highest BCUT2D eigenvalue weighted by molar-refractivity contribution is 7.19. The van der Waals surface area contributed by atoms with Crippen LogP contribution in [0.4, 0.5) is 0 Å². The van der Waals surface area contributed by atoms with Gasteiger partial charge in [-0.2, -0.15) is 4.52 Å². The number of aryl methyl sites for hydroxylation is 2. The Hall–Kier alpha value is -2.28. The molecule has 3 aromatic rings. The number of thiophene rings is 1. The van der Waals surface area contributed by atoms with Crippen molar-refractivity contribution in [1.29, 1.82) is 0 Å². The summed E-state index contributed by atoms with van der Waals surface area (Å²) in [6.07, 6.45) is 5.78. The van der Waals surface area contributed by atoms with Crippen molar-refractivity contribution in [2.24, 2.45) is 0 Å². The average molecular weight is 327 g/mol. The molecular formula is C16H15N4O2S-. The van der Waals surface area contributed by atoms with Crippen LogP contribution in [0.1, 0.15) is 47.8 Å². The third kappa shape index (κ3) is 2.23. The van der Waals surface area contributed by atoms with Crippen LogP contribution in [0.25, 0.3) is 21.9 Å². The zero-order valence-electron chi connectivity index (χ0n) is 12.9. The molecule has 0 bridgehead atoms. The average Bonchev–Trinajstić information content (AvgIpc) is 3.06. The molecule has 0 aliphatic heterocycles. The minimum Gasteiger partial charge on any atom is -0.545 e. The van der Waals surface area contributed by atoms with E-state index in [1.54, 1.807) is 15.9 Å². The van der Waals surface area contributed by atoms with Crippen molar-refractivity contribution in [3.63, 3.8) is 0 Å². The Morgan fingerprint density at radius 3 is 3.04 bits per heavy atom. The summed E-state index contributed by atoms with van der Waals surface area (Å²) >= 11 is 1.75. The molecule has 118 valence electrons. The van der Waals surface area contributed by atoms with Gasteiger partial charge in [-0.25, -0.2) is 9.97 Å². The molecule has 0 unspecified atom stereocenters. The summed E-state index contributed by atoms with van der Waals surface area (Å²) in [5.41, 5.74) is 2.10. The highest BCUT2D eigenvalue weighted by atomic mass is 32.1. The third-order valence-electron chi connectivity index (χ3n) is 4.32. The topological polar surface area (TPSA) is 83.2 Å². The number of nitrogens with zero attached hydrogens (tertiary/aromatic N) is 4. The minimum absolute atomic E-state index is 0.356. The molecule has 0 radical (unpaired) electrons. The molecule has 0 saturated carbocycles. The summed E-state index contributed by atoms with van der Waals surface area (Å²) in [5, 5.41) is 16.0. The van der Waals surface area contributed by atoms with Gasteiger partial charge in [0.2, 0.25) is 0 Å². The molecule has 0 spiro atoms. The number of aliphatic carboxylic acids is 1. The van der Waals surface area contributed by atoms with E-state index in [4.69, 9.17) is 0 Å². The Kier molecular flexibility index (Phi) is 3.19. The predicted molar refractivity (Wildman–Crippen MR) is 86.3 cm³/mol. The third-order valence-corrected chi connectivity index (χ3v) is 5.48. The normalized spacial score (nSPS) is 18.1. The van der Waals surface area contributed by atoms with Crippen molar-refractivity contribution < 1.29 is 9.90 Å². The highest BCUT2D eigenvalue weighted by Crippen LogP contribution is 2.42. The Balaban J connectivity index is 2.03. The van der Waals surface area contributed by atoms with Gasteiger partial charge < -0.3 is 9.90 Å². The highest BCUT2D eigenvalue weighted by Gasteiger charge is 2.25. The Morgan fingerprint density at radius 2 is 2.26 bits per heavy atom. The van der Waals surface area contributed by atoms with Crippen molar-refractivity contribution in [3.05, 3.63) is 28.2 Å². The second-order valence-electron chi connectivity index (χ2n) is 5.93. The zero-order valence-corrected chi connectivity index (χ0v) is 13.7. The molecule has 0 aromatic carbocycles. The summed E-state index contributed by atoms with van der Waals surface area (Å²) in [5.74, 6) is 0.333. The van der Waals surface area contributed by atoms with Gasteiger partial charge in [-0.1, -0.05) is 6.92 Å². The Morgan fingerprint density at radius 1 is 1.43 bits per heavy atom. The van der Waals surface area contributed by atoms with Crippen molar-refractivity contribution in [2.45, 2.75) is 39.0 Å². The van der Waals surface area contributed by atoms with Gasteiger partial charge in [-0.05, 0) is 49.8 Å².